The average Bonchev–Trinajstić information content (AvgIpc) is 3.31. The number of ether oxygens (including phenoxy) is 1. The molecule has 2 heterocycles. The zero-order valence-electron chi connectivity index (χ0n) is 15.7. The van der Waals surface area contributed by atoms with Crippen molar-refractivity contribution in [2.24, 2.45) is 7.05 Å². The highest BCUT2D eigenvalue weighted by molar-refractivity contribution is 5.92. The second-order valence-corrected chi connectivity index (χ2v) is 6.82. The number of hydrogen-bond donors (Lipinski definition) is 0. The fourth-order valence-corrected chi connectivity index (χ4v) is 3.21. The van der Waals surface area contributed by atoms with E-state index in [0.717, 1.165) is 23.7 Å². The molecule has 0 bridgehead atoms. The number of hydrogen-bond acceptors (Lipinski definition) is 4. The van der Waals surface area contributed by atoms with Gasteiger partial charge in [0.2, 0.25) is 5.91 Å². The van der Waals surface area contributed by atoms with Crippen LogP contribution in [0.3, 0.4) is 0 Å². The molecule has 6 heteroatoms. The molecule has 140 valence electrons. The summed E-state index contributed by atoms with van der Waals surface area (Å²) in [5.74, 6) is 0.931. The van der Waals surface area contributed by atoms with Gasteiger partial charge >= 0.3 is 0 Å². The molecule has 0 radical (unpaired) electrons. The van der Waals surface area contributed by atoms with Crippen LogP contribution in [0.15, 0.2) is 36.5 Å². The fraction of sp³-hybridized carbons (Fsp3) is 0.500. The highest BCUT2D eigenvalue weighted by Gasteiger charge is 2.13. The summed E-state index contributed by atoms with van der Waals surface area (Å²) < 4.78 is 7.57. The second-order valence-electron chi connectivity index (χ2n) is 6.82. The minimum Gasteiger partial charge on any atom is -0.492 e. The van der Waals surface area contributed by atoms with Gasteiger partial charge in [0.25, 0.3) is 0 Å². The van der Waals surface area contributed by atoms with E-state index in [2.05, 4.69) is 10.00 Å². The number of likely N-dealkylation sites (tertiary alicyclic amines) is 1. The molecule has 1 aromatic carbocycles. The Bertz CT molecular complexity index is 705. The first kappa shape index (κ1) is 18.5. The minimum atomic E-state index is 0.0818. The molecule has 1 fully saturated rings. The Labute approximate surface area is 155 Å². The molecule has 0 aliphatic carbocycles. The number of nitrogens with zero attached hydrogens (tertiary/aromatic N) is 4. The molecule has 0 unspecified atom stereocenters. The maximum atomic E-state index is 12.4. The van der Waals surface area contributed by atoms with Crippen molar-refractivity contribution in [1.82, 2.24) is 14.7 Å². The lowest BCUT2D eigenvalue weighted by Crippen LogP contribution is -2.26. The first-order valence-electron chi connectivity index (χ1n) is 9.32. The van der Waals surface area contributed by atoms with Gasteiger partial charge in [0.15, 0.2) is 0 Å². The van der Waals surface area contributed by atoms with E-state index in [1.165, 1.54) is 25.9 Å². The van der Waals surface area contributed by atoms with Crippen LogP contribution < -0.4 is 9.64 Å². The van der Waals surface area contributed by atoms with Crippen LogP contribution in [0.2, 0.25) is 0 Å². The Morgan fingerprint density at radius 3 is 2.58 bits per heavy atom. The van der Waals surface area contributed by atoms with Crippen molar-refractivity contribution < 1.29 is 9.53 Å². The largest absolute Gasteiger partial charge is 0.492 e. The topological polar surface area (TPSA) is 50.6 Å². The standard InChI is InChI=1S/C20H28N4O2/c1-22-14-11-17(21-22)5-10-20(25)23(2)18-6-8-19(9-7-18)26-16-15-24-12-3-4-13-24/h6-9,11,14H,3-5,10,12-13,15-16H2,1-2H3. The highest BCUT2D eigenvalue weighted by Crippen LogP contribution is 2.19. The Balaban J connectivity index is 1.44. The lowest BCUT2D eigenvalue weighted by atomic mass is 10.2. The van der Waals surface area contributed by atoms with Crippen molar-refractivity contribution in [3.63, 3.8) is 0 Å². The molecule has 1 aliphatic heterocycles. The molecule has 1 aliphatic rings. The molecular weight excluding hydrogens is 328 g/mol. The van der Waals surface area contributed by atoms with Gasteiger partial charge in [-0.05, 0) is 56.3 Å². The predicted molar refractivity (Wildman–Crippen MR) is 103 cm³/mol. The Hall–Kier alpha value is -2.34. The second kappa shape index (κ2) is 8.85. The summed E-state index contributed by atoms with van der Waals surface area (Å²) in [5, 5.41) is 4.31. The Kier molecular flexibility index (Phi) is 6.28. The van der Waals surface area contributed by atoms with Crippen molar-refractivity contribution in [2.45, 2.75) is 25.7 Å². The van der Waals surface area contributed by atoms with Crippen LogP contribution in [0.4, 0.5) is 5.69 Å². The SMILES string of the molecule is CN(C(=O)CCc1ccn(C)n1)c1ccc(OCCN2CCCC2)cc1. The lowest BCUT2D eigenvalue weighted by Gasteiger charge is -2.18. The molecule has 0 N–H and O–H groups in total. The maximum Gasteiger partial charge on any atom is 0.227 e. The molecule has 0 spiro atoms. The van der Waals surface area contributed by atoms with Gasteiger partial charge in [-0.25, -0.2) is 0 Å². The average molecular weight is 356 g/mol. The molecule has 2 aromatic rings. The van der Waals surface area contributed by atoms with E-state index in [9.17, 15) is 4.79 Å². The third-order valence-corrected chi connectivity index (χ3v) is 4.84. The third-order valence-electron chi connectivity index (χ3n) is 4.84. The van der Waals surface area contributed by atoms with Gasteiger partial charge in [0.1, 0.15) is 12.4 Å². The first-order valence-corrected chi connectivity index (χ1v) is 9.32. The predicted octanol–water partition coefficient (Wildman–Crippen LogP) is 2.49. The summed E-state index contributed by atoms with van der Waals surface area (Å²) in [6, 6.07) is 9.68. The van der Waals surface area contributed by atoms with Gasteiger partial charge in [-0.1, -0.05) is 0 Å². The van der Waals surface area contributed by atoms with E-state index in [0.29, 0.717) is 19.4 Å². The monoisotopic (exact) mass is 356 g/mol. The van der Waals surface area contributed by atoms with Crippen LogP contribution in [-0.4, -0.2) is 53.9 Å². The van der Waals surface area contributed by atoms with Crippen molar-refractivity contribution in [2.75, 3.05) is 38.2 Å². The van der Waals surface area contributed by atoms with Gasteiger partial charge in [-0.2, -0.15) is 5.10 Å². The van der Waals surface area contributed by atoms with Gasteiger partial charge in [-0.15, -0.1) is 0 Å². The van der Waals surface area contributed by atoms with Crippen LogP contribution in [0.5, 0.6) is 5.75 Å². The van der Waals surface area contributed by atoms with E-state index in [1.54, 1.807) is 9.58 Å². The molecule has 26 heavy (non-hydrogen) atoms. The molecule has 0 saturated carbocycles. The van der Waals surface area contributed by atoms with E-state index in [1.807, 2.05) is 50.6 Å². The smallest absolute Gasteiger partial charge is 0.227 e. The minimum absolute atomic E-state index is 0.0818. The number of carbonyl (C=O) groups excluding carboxylic acids is 1. The fourth-order valence-electron chi connectivity index (χ4n) is 3.21. The molecule has 1 aromatic heterocycles. The zero-order valence-corrected chi connectivity index (χ0v) is 15.7. The normalized spacial score (nSPS) is 14.5. The quantitative estimate of drug-likeness (QED) is 0.729. The third kappa shape index (κ3) is 5.08. The summed E-state index contributed by atoms with van der Waals surface area (Å²) in [7, 11) is 3.69. The summed E-state index contributed by atoms with van der Waals surface area (Å²) >= 11 is 0. The van der Waals surface area contributed by atoms with Crippen LogP contribution in [0, 0.1) is 0 Å². The molecule has 6 nitrogen and oxygen atoms in total. The van der Waals surface area contributed by atoms with Crippen molar-refractivity contribution >= 4 is 11.6 Å². The van der Waals surface area contributed by atoms with Gasteiger partial charge in [-0.3, -0.25) is 14.4 Å². The first-order chi connectivity index (χ1) is 12.6. The highest BCUT2D eigenvalue weighted by atomic mass is 16.5. The summed E-state index contributed by atoms with van der Waals surface area (Å²) in [6.07, 6.45) is 5.60. The van der Waals surface area contributed by atoms with E-state index >= 15 is 0 Å². The number of anilines is 1. The number of benzene rings is 1. The van der Waals surface area contributed by atoms with E-state index in [-0.39, 0.29) is 5.91 Å². The van der Waals surface area contributed by atoms with E-state index < -0.39 is 0 Å². The van der Waals surface area contributed by atoms with Crippen LogP contribution in [0.1, 0.15) is 25.0 Å². The van der Waals surface area contributed by atoms with Crippen molar-refractivity contribution in [1.29, 1.82) is 0 Å². The number of amides is 1. The van der Waals surface area contributed by atoms with Crippen molar-refractivity contribution in [3.05, 3.63) is 42.2 Å². The van der Waals surface area contributed by atoms with Crippen molar-refractivity contribution in [3.8, 4) is 5.75 Å². The number of carbonyl (C=O) groups is 1. The summed E-state index contributed by atoms with van der Waals surface area (Å²) in [6.45, 7) is 4.06. The number of rotatable bonds is 8. The zero-order chi connectivity index (χ0) is 18.4. The lowest BCUT2D eigenvalue weighted by molar-refractivity contribution is -0.118. The Morgan fingerprint density at radius 1 is 1.19 bits per heavy atom. The molecule has 1 saturated heterocycles. The van der Waals surface area contributed by atoms with Gasteiger partial charge in [0, 0.05) is 45.4 Å². The molecule has 3 rings (SSSR count). The number of aromatic nitrogens is 2. The molecular formula is C20H28N4O2. The Morgan fingerprint density at radius 2 is 1.92 bits per heavy atom. The number of aryl methyl sites for hydroxylation is 2. The van der Waals surface area contributed by atoms with Gasteiger partial charge < -0.3 is 9.64 Å². The molecule has 0 atom stereocenters. The van der Waals surface area contributed by atoms with Crippen LogP contribution in [0.25, 0.3) is 0 Å². The summed E-state index contributed by atoms with van der Waals surface area (Å²) in [5.41, 5.74) is 1.82. The maximum absolute atomic E-state index is 12.4. The van der Waals surface area contributed by atoms with Crippen LogP contribution in [-0.2, 0) is 18.3 Å². The summed E-state index contributed by atoms with van der Waals surface area (Å²) in [4.78, 5) is 16.5. The molecule has 1 amide bonds. The van der Waals surface area contributed by atoms with Gasteiger partial charge in [0.05, 0.1) is 5.69 Å². The van der Waals surface area contributed by atoms with Crippen LogP contribution >= 0.6 is 0 Å². The van der Waals surface area contributed by atoms with E-state index in [4.69, 9.17) is 4.74 Å².